The second-order valence-corrected chi connectivity index (χ2v) is 11.8. The molecular formula is C32H46O11. The lowest BCUT2D eigenvalue weighted by Gasteiger charge is -2.43. The monoisotopic (exact) mass is 606 g/mol. The third-order valence-corrected chi connectivity index (χ3v) is 8.15. The molecular weight excluding hydrogens is 560 g/mol. The number of ether oxygens (including phenoxy) is 5. The SMILES string of the molecule is C=C(C(CC(O)C(C)(C)O)OC(=O)/C(C)=C\C)[C@H]1[C@H](OC(=O)/C(C)=C\C)[C@H]2O[C@@]2(C)[C@@H](OC(=O)/C(C)=C\C)[C@H]1OC(C)=O. The number of hydrogen-bond donors (Lipinski definition) is 2. The third kappa shape index (κ3) is 8.21. The summed E-state index contributed by atoms with van der Waals surface area (Å²) >= 11 is 0. The Hall–Kier alpha value is -3.28. The van der Waals surface area contributed by atoms with E-state index >= 15 is 0 Å². The first kappa shape index (κ1) is 35.9. The Labute approximate surface area is 253 Å². The fourth-order valence-electron chi connectivity index (χ4n) is 4.80. The molecule has 8 atom stereocenters. The van der Waals surface area contributed by atoms with Crippen LogP contribution in [0.2, 0.25) is 0 Å². The molecule has 0 radical (unpaired) electrons. The Balaban J connectivity index is 2.73. The summed E-state index contributed by atoms with van der Waals surface area (Å²) in [6, 6.07) is 0. The van der Waals surface area contributed by atoms with Crippen LogP contribution in [0.25, 0.3) is 0 Å². The van der Waals surface area contributed by atoms with Crippen molar-refractivity contribution >= 4 is 23.9 Å². The maximum absolute atomic E-state index is 13.0. The van der Waals surface area contributed by atoms with Crippen molar-refractivity contribution in [2.45, 2.75) is 123 Å². The second-order valence-electron chi connectivity index (χ2n) is 11.8. The normalized spacial score (nSPS) is 29.0. The van der Waals surface area contributed by atoms with Gasteiger partial charge in [-0.15, -0.1) is 0 Å². The van der Waals surface area contributed by atoms with Crippen LogP contribution in [0.15, 0.2) is 47.1 Å². The predicted octanol–water partition coefficient (Wildman–Crippen LogP) is 3.42. The zero-order valence-electron chi connectivity index (χ0n) is 26.8. The third-order valence-electron chi connectivity index (χ3n) is 8.15. The topological polar surface area (TPSA) is 158 Å². The standard InChI is InChI=1S/C32H46O11/c1-12-16(4)28(35)40-21(15-22(34)31(9,10)38)19(7)23-24(39-20(8)33)26(42-30(37)18(6)14-3)32(11)27(43-32)25(23)41-29(36)17(5)13-2/h12-14,21-27,34,38H,7,15H2,1-6,8-11H3/b16-12-,17-13-,18-14-/t21?,22?,23-,24+,25+,26+,27-,32+/m1/s1. The van der Waals surface area contributed by atoms with Crippen LogP contribution >= 0.6 is 0 Å². The minimum absolute atomic E-state index is 0.101. The van der Waals surface area contributed by atoms with E-state index in [0.717, 1.165) is 0 Å². The largest absolute Gasteiger partial charge is 0.458 e. The molecule has 1 heterocycles. The van der Waals surface area contributed by atoms with E-state index in [-0.39, 0.29) is 17.6 Å². The van der Waals surface area contributed by atoms with Crippen molar-refractivity contribution < 1.29 is 53.1 Å². The molecule has 0 aromatic rings. The van der Waals surface area contributed by atoms with Crippen LogP contribution in [-0.2, 0) is 42.9 Å². The molecule has 2 rings (SSSR count). The van der Waals surface area contributed by atoms with E-state index < -0.39 is 77.6 Å². The Bertz CT molecular complexity index is 1200. The highest BCUT2D eigenvalue weighted by Gasteiger charge is 2.74. The number of aliphatic hydroxyl groups is 2. The molecule has 1 saturated carbocycles. The molecule has 2 unspecified atom stereocenters. The Morgan fingerprint density at radius 1 is 0.884 bits per heavy atom. The summed E-state index contributed by atoms with van der Waals surface area (Å²) in [5, 5.41) is 21.3. The summed E-state index contributed by atoms with van der Waals surface area (Å²) in [7, 11) is 0. The molecule has 2 N–H and O–H groups in total. The Morgan fingerprint density at radius 3 is 1.84 bits per heavy atom. The maximum Gasteiger partial charge on any atom is 0.333 e. The molecule has 0 spiro atoms. The zero-order valence-corrected chi connectivity index (χ0v) is 26.8. The van der Waals surface area contributed by atoms with Crippen molar-refractivity contribution in [1.82, 2.24) is 0 Å². The van der Waals surface area contributed by atoms with Crippen LogP contribution in [0.1, 0.15) is 75.7 Å². The van der Waals surface area contributed by atoms with E-state index in [1.807, 2.05) is 0 Å². The van der Waals surface area contributed by atoms with Gasteiger partial charge in [-0.1, -0.05) is 24.8 Å². The van der Waals surface area contributed by atoms with Gasteiger partial charge >= 0.3 is 23.9 Å². The highest BCUT2D eigenvalue weighted by Crippen LogP contribution is 2.55. The second kappa shape index (κ2) is 14.0. The van der Waals surface area contributed by atoms with Crippen molar-refractivity contribution in [2.75, 3.05) is 0 Å². The lowest BCUT2D eigenvalue weighted by Crippen LogP contribution is -2.60. The van der Waals surface area contributed by atoms with Gasteiger partial charge in [0, 0.05) is 30.1 Å². The van der Waals surface area contributed by atoms with Gasteiger partial charge in [-0.2, -0.15) is 0 Å². The summed E-state index contributed by atoms with van der Waals surface area (Å²) in [4.78, 5) is 51.4. The van der Waals surface area contributed by atoms with E-state index in [4.69, 9.17) is 23.7 Å². The maximum atomic E-state index is 13.0. The summed E-state index contributed by atoms with van der Waals surface area (Å²) in [6.45, 7) is 19.5. The first-order valence-corrected chi connectivity index (χ1v) is 14.3. The van der Waals surface area contributed by atoms with E-state index in [9.17, 15) is 29.4 Å². The van der Waals surface area contributed by atoms with Gasteiger partial charge in [0.05, 0.1) is 17.6 Å². The van der Waals surface area contributed by atoms with E-state index in [2.05, 4.69) is 6.58 Å². The van der Waals surface area contributed by atoms with E-state index in [1.54, 1.807) is 66.7 Å². The zero-order chi connectivity index (χ0) is 33.0. The van der Waals surface area contributed by atoms with Gasteiger partial charge in [-0.3, -0.25) is 4.79 Å². The van der Waals surface area contributed by atoms with Crippen LogP contribution in [0.4, 0.5) is 0 Å². The molecule has 11 nitrogen and oxygen atoms in total. The minimum atomic E-state index is -1.59. The quantitative estimate of drug-likeness (QED) is 0.110. The molecule has 43 heavy (non-hydrogen) atoms. The fourth-order valence-corrected chi connectivity index (χ4v) is 4.80. The molecule has 0 aromatic heterocycles. The molecule has 11 heteroatoms. The van der Waals surface area contributed by atoms with Gasteiger partial charge in [0.25, 0.3) is 0 Å². The lowest BCUT2D eigenvalue weighted by molar-refractivity contribution is -0.185. The van der Waals surface area contributed by atoms with Gasteiger partial charge in [-0.05, 0) is 67.9 Å². The van der Waals surface area contributed by atoms with Crippen molar-refractivity contribution in [3.05, 3.63) is 47.1 Å². The molecule has 0 bridgehead atoms. The number of esters is 4. The number of fused-ring (bicyclic) bond motifs is 1. The van der Waals surface area contributed by atoms with Gasteiger partial charge < -0.3 is 33.9 Å². The molecule has 0 amide bonds. The van der Waals surface area contributed by atoms with Crippen LogP contribution < -0.4 is 0 Å². The highest BCUT2D eigenvalue weighted by molar-refractivity contribution is 5.89. The summed E-state index contributed by atoms with van der Waals surface area (Å²) in [5.74, 6) is -3.90. The lowest BCUT2D eigenvalue weighted by atomic mass is 9.71. The number of epoxide rings is 1. The van der Waals surface area contributed by atoms with Gasteiger partial charge in [-0.25, -0.2) is 14.4 Å². The van der Waals surface area contributed by atoms with Crippen LogP contribution in [-0.4, -0.2) is 81.9 Å². The predicted molar refractivity (Wildman–Crippen MR) is 156 cm³/mol. The molecule has 2 fully saturated rings. The Morgan fingerprint density at radius 2 is 1.37 bits per heavy atom. The molecule has 1 aliphatic carbocycles. The first-order valence-electron chi connectivity index (χ1n) is 14.3. The number of carbonyl (C=O) groups is 4. The minimum Gasteiger partial charge on any atom is -0.458 e. The molecule has 1 saturated heterocycles. The van der Waals surface area contributed by atoms with E-state index in [1.165, 1.54) is 20.8 Å². The highest BCUT2D eigenvalue weighted by atomic mass is 16.7. The number of rotatable bonds is 12. The van der Waals surface area contributed by atoms with Crippen molar-refractivity contribution in [3.63, 3.8) is 0 Å². The van der Waals surface area contributed by atoms with Gasteiger partial charge in [0.15, 0.2) is 12.2 Å². The number of allylic oxidation sites excluding steroid dienone is 3. The molecule has 0 aromatic carbocycles. The molecule has 2 aliphatic rings. The average Bonchev–Trinajstić information content (AvgIpc) is 3.64. The number of carbonyl (C=O) groups excluding carboxylic acids is 4. The Kier molecular flexibility index (Phi) is 11.7. The summed E-state index contributed by atoms with van der Waals surface area (Å²) in [6.07, 6.45) is -2.66. The van der Waals surface area contributed by atoms with Gasteiger partial charge in [0.1, 0.15) is 23.9 Å². The fraction of sp³-hybridized carbons (Fsp3) is 0.625. The molecule has 1 aliphatic heterocycles. The van der Waals surface area contributed by atoms with Crippen molar-refractivity contribution in [2.24, 2.45) is 5.92 Å². The van der Waals surface area contributed by atoms with Crippen molar-refractivity contribution in [1.29, 1.82) is 0 Å². The smallest absolute Gasteiger partial charge is 0.333 e. The number of hydrogen-bond acceptors (Lipinski definition) is 11. The summed E-state index contributed by atoms with van der Waals surface area (Å²) < 4.78 is 29.4. The van der Waals surface area contributed by atoms with Crippen molar-refractivity contribution in [3.8, 4) is 0 Å². The van der Waals surface area contributed by atoms with E-state index in [0.29, 0.717) is 11.1 Å². The summed E-state index contributed by atoms with van der Waals surface area (Å²) in [5.41, 5.74) is -1.81. The average molecular weight is 607 g/mol. The molecule has 240 valence electrons. The van der Waals surface area contributed by atoms with Crippen LogP contribution in [0, 0.1) is 5.92 Å². The van der Waals surface area contributed by atoms with Crippen LogP contribution in [0.3, 0.4) is 0 Å². The number of aliphatic hydroxyl groups excluding tert-OH is 1. The first-order chi connectivity index (χ1) is 19.8. The van der Waals surface area contributed by atoms with Gasteiger partial charge in [0.2, 0.25) is 0 Å². The van der Waals surface area contributed by atoms with Crippen LogP contribution in [0.5, 0.6) is 0 Å².